The Kier molecular flexibility index (Phi) is 6.91. The third-order valence-electron chi connectivity index (χ3n) is 4.49. The van der Waals surface area contributed by atoms with Crippen LogP contribution in [0.1, 0.15) is 5.56 Å². The lowest BCUT2D eigenvalue weighted by atomic mass is 10.2. The number of aliphatic imine (C=N–C) groups is 1. The van der Waals surface area contributed by atoms with Crippen molar-refractivity contribution in [3.8, 4) is 17.2 Å². The molecule has 158 valence electrons. The molecule has 0 radical (unpaired) electrons. The Morgan fingerprint density at radius 2 is 1.31 bits per heavy atom. The highest BCUT2D eigenvalue weighted by molar-refractivity contribution is 5.91. The van der Waals surface area contributed by atoms with Gasteiger partial charge in [-0.1, -0.05) is 36.4 Å². The summed E-state index contributed by atoms with van der Waals surface area (Å²) in [4.78, 5) is 16.5. The van der Waals surface area contributed by atoms with E-state index in [9.17, 15) is 4.79 Å². The molecule has 0 atom stereocenters. The average Bonchev–Trinajstić information content (AvgIpc) is 2.84. The minimum absolute atomic E-state index is 0.0558. The molecule has 0 aliphatic carbocycles. The Labute approximate surface area is 187 Å². The normalized spacial score (nSPS) is 10.6. The van der Waals surface area contributed by atoms with E-state index in [1.807, 2.05) is 109 Å². The SMILES string of the molecule is O=C(COc1ccc(C=Nc2ccc(Oc3ccccc3)cc2)cc1)Nc1ccccc1. The number of hydrogen-bond acceptors (Lipinski definition) is 4. The molecule has 0 saturated carbocycles. The molecule has 5 nitrogen and oxygen atoms in total. The van der Waals surface area contributed by atoms with Crippen molar-refractivity contribution < 1.29 is 14.3 Å². The van der Waals surface area contributed by atoms with Gasteiger partial charge in [0.1, 0.15) is 17.2 Å². The zero-order valence-corrected chi connectivity index (χ0v) is 17.3. The van der Waals surface area contributed by atoms with Crippen molar-refractivity contribution in [3.05, 3.63) is 115 Å². The van der Waals surface area contributed by atoms with Gasteiger partial charge in [0.2, 0.25) is 0 Å². The first-order valence-electron chi connectivity index (χ1n) is 10.2. The summed E-state index contributed by atoms with van der Waals surface area (Å²) in [5.41, 5.74) is 2.49. The smallest absolute Gasteiger partial charge is 0.262 e. The van der Waals surface area contributed by atoms with Gasteiger partial charge in [-0.3, -0.25) is 9.79 Å². The Hall–Kier alpha value is -4.38. The molecule has 32 heavy (non-hydrogen) atoms. The van der Waals surface area contributed by atoms with Crippen LogP contribution in [0.4, 0.5) is 11.4 Å². The Morgan fingerprint density at radius 1 is 0.719 bits per heavy atom. The van der Waals surface area contributed by atoms with Gasteiger partial charge < -0.3 is 14.8 Å². The molecular weight excluding hydrogens is 400 g/mol. The molecule has 1 N–H and O–H groups in total. The fraction of sp³-hybridized carbons (Fsp3) is 0.0370. The third-order valence-corrected chi connectivity index (χ3v) is 4.49. The number of rotatable bonds is 8. The average molecular weight is 422 g/mol. The van der Waals surface area contributed by atoms with Crippen molar-refractivity contribution in [2.75, 3.05) is 11.9 Å². The fourth-order valence-electron chi connectivity index (χ4n) is 2.89. The molecular formula is C27H22N2O3. The number of ether oxygens (including phenoxy) is 2. The Morgan fingerprint density at radius 3 is 2.00 bits per heavy atom. The molecule has 0 spiro atoms. The zero-order chi connectivity index (χ0) is 22.0. The van der Waals surface area contributed by atoms with Gasteiger partial charge >= 0.3 is 0 Å². The first kappa shape index (κ1) is 20.9. The number of anilines is 1. The van der Waals surface area contributed by atoms with E-state index in [-0.39, 0.29) is 12.5 Å². The maximum Gasteiger partial charge on any atom is 0.262 e. The fourth-order valence-corrected chi connectivity index (χ4v) is 2.89. The predicted octanol–water partition coefficient (Wildman–Crippen LogP) is 6.25. The van der Waals surface area contributed by atoms with Gasteiger partial charge in [0.05, 0.1) is 5.69 Å². The van der Waals surface area contributed by atoms with Crippen molar-refractivity contribution >= 4 is 23.5 Å². The minimum atomic E-state index is -0.207. The Bertz CT molecular complexity index is 1160. The Balaban J connectivity index is 1.27. The van der Waals surface area contributed by atoms with Gasteiger partial charge in [-0.05, 0) is 78.4 Å². The molecule has 0 unspecified atom stereocenters. The second-order valence-corrected chi connectivity index (χ2v) is 6.94. The molecule has 0 aliphatic heterocycles. The lowest BCUT2D eigenvalue weighted by Crippen LogP contribution is -2.20. The molecule has 0 aliphatic rings. The van der Waals surface area contributed by atoms with Crippen LogP contribution >= 0.6 is 0 Å². The summed E-state index contributed by atoms with van der Waals surface area (Å²) in [6.45, 7) is -0.0558. The van der Waals surface area contributed by atoms with E-state index in [4.69, 9.17) is 9.47 Å². The van der Waals surface area contributed by atoms with Crippen molar-refractivity contribution in [2.24, 2.45) is 4.99 Å². The van der Waals surface area contributed by atoms with Crippen LogP contribution in [-0.2, 0) is 4.79 Å². The lowest BCUT2D eigenvalue weighted by Gasteiger charge is -2.07. The maximum atomic E-state index is 12.0. The molecule has 0 bridgehead atoms. The number of nitrogens with one attached hydrogen (secondary N) is 1. The van der Waals surface area contributed by atoms with Gasteiger partial charge in [0, 0.05) is 11.9 Å². The molecule has 0 heterocycles. The summed E-state index contributed by atoms with van der Waals surface area (Å²) in [7, 11) is 0. The van der Waals surface area contributed by atoms with Crippen LogP contribution in [0.15, 0.2) is 114 Å². The van der Waals surface area contributed by atoms with Crippen LogP contribution in [0.25, 0.3) is 0 Å². The van der Waals surface area contributed by atoms with Crippen LogP contribution in [-0.4, -0.2) is 18.7 Å². The van der Waals surface area contributed by atoms with Crippen molar-refractivity contribution in [2.45, 2.75) is 0 Å². The van der Waals surface area contributed by atoms with Gasteiger partial charge in [-0.25, -0.2) is 0 Å². The summed E-state index contributed by atoms with van der Waals surface area (Å²) in [6.07, 6.45) is 1.78. The maximum absolute atomic E-state index is 12.0. The monoisotopic (exact) mass is 422 g/mol. The lowest BCUT2D eigenvalue weighted by molar-refractivity contribution is -0.118. The standard InChI is InChI=1S/C27H22N2O3/c30-27(29-23-7-3-1-4-8-23)20-31-24-15-11-21(12-16-24)19-28-22-13-17-26(18-14-22)32-25-9-5-2-6-10-25/h1-19H,20H2,(H,29,30). The summed E-state index contributed by atoms with van der Waals surface area (Å²) in [5, 5.41) is 2.79. The summed E-state index contributed by atoms with van der Waals surface area (Å²) < 4.78 is 11.3. The molecule has 5 heteroatoms. The zero-order valence-electron chi connectivity index (χ0n) is 17.3. The first-order valence-corrected chi connectivity index (χ1v) is 10.2. The molecule has 0 fully saturated rings. The van der Waals surface area contributed by atoms with Gasteiger partial charge in [0.15, 0.2) is 6.61 Å². The summed E-state index contributed by atoms with van der Waals surface area (Å²) in [6, 6.07) is 33.9. The van der Waals surface area contributed by atoms with E-state index < -0.39 is 0 Å². The summed E-state index contributed by atoms with van der Waals surface area (Å²) in [5.74, 6) is 1.96. The number of para-hydroxylation sites is 2. The highest BCUT2D eigenvalue weighted by atomic mass is 16.5. The second-order valence-electron chi connectivity index (χ2n) is 6.94. The first-order chi connectivity index (χ1) is 15.7. The molecule has 4 rings (SSSR count). The second kappa shape index (κ2) is 10.6. The molecule has 4 aromatic carbocycles. The van der Waals surface area contributed by atoms with Crippen LogP contribution in [0.2, 0.25) is 0 Å². The number of benzene rings is 4. The number of carbonyl (C=O) groups excluding carboxylic acids is 1. The van der Waals surface area contributed by atoms with Crippen LogP contribution < -0.4 is 14.8 Å². The van der Waals surface area contributed by atoms with E-state index in [1.54, 1.807) is 6.21 Å². The molecule has 4 aromatic rings. The van der Waals surface area contributed by atoms with E-state index in [2.05, 4.69) is 10.3 Å². The largest absolute Gasteiger partial charge is 0.484 e. The van der Waals surface area contributed by atoms with Crippen LogP contribution in [0.3, 0.4) is 0 Å². The van der Waals surface area contributed by atoms with Crippen molar-refractivity contribution in [3.63, 3.8) is 0 Å². The van der Waals surface area contributed by atoms with E-state index in [0.717, 1.165) is 28.4 Å². The number of nitrogens with zero attached hydrogens (tertiary/aromatic N) is 1. The number of hydrogen-bond donors (Lipinski definition) is 1. The van der Waals surface area contributed by atoms with E-state index in [1.165, 1.54) is 0 Å². The van der Waals surface area contributed by atoms with Crippen molar-refractivity contribution in [1.82, 2.24) is 0 Å². The topological polar surface area (TPSA) is 59.9 Å². The molecule has 0 saturated heterocycles. The van der Waals surface area contributed by atoms with E-state index in [0.29, 0.717) is 5.75 Å². The van der Waals surface area contributed by atoms with E-state index >= 15 is 0 Å². The third kappa shape index (κ3) is 6.31. The predicted molar refractivity (Wildman–Crippen MR) is 127 cm³/mol. The van der Waals surface area contributed by atoms with Gasteiger partial charge in [-0.15, -0.1) is 0 Å². The highest BCUT2D eigenvalue weighted by Gasteiger charge is 2.03. The van der Waals surface area contributed by atoms with Gasteiger partial charge in [0.25, 0.3) is 5.91 Å². The van der Waals surface area contributed by atoms with Crippen LogP contribution in [0.5, 0.6) is 17.2 Å². The quantitative estimate of drug-likeness (QED) is 0.342. The number of carbonyl (C=O) groups is 1. The molecule has 0 aromatic heterocycles. The highest BCUT2D eigenvalue weighted by Crippen LogP contribution is 2.23. The minimum Gasteiger partial charge on any atom is -0.484 e. The number of amides is 1. The molecule has 1 amide bonds. The summed E-state index contributed by atoms with van der Waals surface area (Å²) >= 11 is 0. The van der Waals surface area contributed by atoms with Gasteiger partial charge in [-0.2, -0.15) is 0 Å². The van der Waals surface area contributed by atoms with Crippen molar-refractivity contribution in [1.29, 1.82) is 0 Å². The van der Waals surface area contributed by atoms with Crippen LogP contribution in [0, 0.1) is 0 Å².